The summed E-state index contributed by atoms with van der Waals surface area (Å²) in [6.45, 7) is 10.4. The third kappa shape index (κ3) is 5.93. The van der Waals surface area contributed by atoms with E-state index < -0.39 is 5.60 Å². The number of esters is 1. The summed E-state index contributed by atoms with van der Waals surface area (Å²) in [6.07, 6.45) is 0.701. The van der Waals surface area contributed by atoms with E-state index >= 15 is 0 Å². The van der Waals surface area contributed by atoms with Crippen LogP contribution in [0, 0.1) is 13.8 Å². The van der Waals surface area contributed by atoms with Gasteiger partial charge in [0.15, 0.2) is 6.61 Å². The van der Waals surface area contributed by atoms with E-state index in [2.05, 4.69) is 0 Å². The Morgan fingerprint density at radius 2 is 1.81 bits per heavy atom. The van der Waals surface area contributed by atoms with Crippen molar-refractivity contribution in [3.05, 3.63) is 29.3 Å². The van der Waals surface area contributed by atoms with Gasteiger partial charge in [0.2, 0.25) is 0 Å². The zero-order valence-electron chi connectivity index (χ0n) is 16.3. The van der Waals surface area contributed by atoms with Crippen LogP contribution in [0.25, 0.3) is 0 Å². The summed E-state index contributed by atoms with van der Waals surface area (Å²) >= 11 is 0. The van der Waals surface area contributed by atoms with E-state index in [4.69, 9.17) is 14.2 Å². The Hall–Kier alpha value is -2.24. The lowest BCUT2D eigenvalue weighted by Gasteiger charge is -2.33. The van der Waals surface area contributed by atoms with Gasteiger partial charge in [0, 0.05) is 25.9 Å². The second-order valence-corrected chi connectivity index (χ2v) is 7.64. The SMILES string of the molecule is Cc1cccc(OCC(=O)OC2CCN(C(=O)OC(C)(C)C)CC2)c1C. The van der Waals surface area contributed by atoms with E-state index in [9.17, 15) is 9.59 Å². The van der Waals surface area contributed by atoms with Gasteiger partial charge in [0.25, 0.3) is 0 Å². The van der Waals surface area contributed by atoms with Crippen molar-refractivity contribution in [3.8, 4) is 5.75 Å². The van der Waals surface area contributed by atoms with Crippen molar-refractivity contribution in [3.63, 3.8) is 0 Å². The lowest BCUT2D eigenvalue weighted by Crippen LogP contribution is -2.44. The number of amides is 1. The normalized spacial score (nSPS) is 15.5. The number of hydrogen-bond acceptors (Lipinski definition) is 5. The summed E-state index contributed by atoms with van der Waals surface area (Å²) in [5, 5.41) is 0. The van der Waals surface area contributed by atoms with E-state index in [1.165, 1.54) is 0 Å². The summed E-state index contributed by atoms with van der Waals surface area (Å²) in [5.41, 5.74) is 1.63. The first-order valence-corrected chi connectivity index (χ1v) is 9.02. The smallest absolute Gasteiger partial charge is 0.410 e. The van der Waals surface area contributed by atoms with Crippen LogP contribution < -0.4 is 4.74 Å². The zero-order valence-corrected chi connectivity index (χ0v) is 16.3. The van der Waals surface area contributed by atoms with Crippen molar-refractivity contribution >= 4 is 12.1 Å². The monoisotopic (exact) mass is 363 g/mol. The highest BCUT2D eigenvalue weighted by molar-refractivity contribution is 5.71. The molecular weight excluding hydrogens is 334 g/mol. The number of hydrogen-bond donors (Lipinski definition) is 0. The maximum absolute atomic E-state index is 12.0. The van der Waals surface area contributed by atoms with Crippen LogP contribution in [0.2, 0.25) is 0 Å². The van der Waals surface area contributed by atoms with Crippen molar-refractivity contribution < 1.29 is 23.8 Å². The Labute approximate surface area is 155 Å². The Kier molecular flexibility index (Phi) is 6.51. The first kappa shape index (κ1) is 20.1. The molecule has 0 atom stereocenters. The van der Waals surface area contributed by atoms with Crippen molar-refractivity contribution in [1.29, 1.82) is 0 Å². The van der Waals surface area contributed by atoms with Crippen molar-refractivity contribution in [2.24, 2.45) is 0 Å². The Bertz CT molecular complexity index is 642. The predicted molar refractivity (Wildman–Crippen MR) is 98.3 cm³/mol. The maximum atomic E-state index is 12.0. The molecule has 0 bridgehead atoms. The molecule has 6 nitrogen and oxygen atoms in total. The molecule has 1 aliphatic heterocycles. The minimum absolute atomic E-state index is 0.115. The van der Waals surface area contributed by atoms with Crippen molar-refractivity contribution in [2.75, 3.05) is 19.7 Å². The van der Waals surface area contributed by atoms with E-state index in [0.717, 1.165) is 11.1 Å². The second kappa shape index (κ2) is 8.43. The zero-order chi connectivity index (χ0) is 19.3. The molecule has 0 saturated carbocycles. The molecular formula is C20H29NO5. The van der Waals surface area contributed by atoms with Gasteiger partial charge in [-0.1, -0.05) is 12.1 Å². The van der Waals surface area contributed by atoms with Crippen molar-refractivity contribution in [2.45, 2.75) is 59.2 Å². The van der Waals surface area contributed by atoms with Crippen LogP contribution in [0.15, 0.2) is 18.2 Å². The minimum atomic E-state index is -0.508. The van der Waals surface area contributed by atoms with Crippen LogP contribution in [0.1, 0.15) is 44.7 Å². The number of ether oxygens (including phenoxy) is 3. The maximum Gasteiger partial charge on any atom is 0.410 e. The quantitative estimate of drug-likeness (QED) is 0.765. The molecule has 1 amide bonds. The Morgan fingerprint density at radius 1 is 1.15 bits per heavy atom. The molecule has 144 valence electrons. The van der Waals surface area contributed by atoms with E-state index in [1.54, 1.807) is 4.90 Å². The van der Waals surface area contributed by atoms with Gasteiger partial charge >= 0.3 is 12.1 Å². The van der Waals surface area contributed by atoms with Crippen LogP contribution in [-0.2, 0) is 14.3 Å². The number of nitrogens with zero attached hydrogens (tertiary/aromatic N) is 1. The fourth-order valence-corrected chi connectivity index (χ4v) is 2.72. The highest BCUT2D eigenvalue weighted by Crippen LogP contribution is 2.21. The number of rotatable bonds is 4. The molecule has 0 N–H and O–H groups in total. The standard InChI is InChI=1S/C20H29NO5/c1-14-7-6-8-17(15(14)2)24-13-18(22)25-16-9-11-21(12-10-16)19(23)26-20(3,4)5/h6-8,16H,9-13H2,1-5H3. The lowest BCUT2D eigenvalue weighted by molar-refractivity contribution is -0.153. The fraction of sp³-hybridized carbons (Fsp3) is 0.600. The molecule has 1 aromatic carbocycles. The van der Waals surface area contributed by atoms with Gasteiger partial charge in [-0.2, -0.15) is 0 Å². The molecule has 1 fully saturated rings. The number of benzene rings is 1. The van der Waals surface area contributed by atoms with Crippen LogP contribution >= 0.6 is 0 Å². The molecule has 0 aliphatic carbocycles. The lowest BCUT2D eigenvalue weighted by atomic mass is 10.1. The van der Waals surface area contributed by atoms with Gasteiger partial charge in [-0.05, 0) is 51.8 Å². The van der Waals surface area contributed by atoms with Gasteiger partial charge < -0.3 is 19.1 Å². The molecule has 1 aliphatic rings. The summed E-state index contributed by atoms with van der Waals surface area (Å²) in [5.74, 6) is 0.309. The fourth-order valence-electron chi connectivity index (χ4n) is 2.72. The molecule has 0 unspecified atom stereocenters. The third-order valence-corrected chi connectivity index (χ3v) is 4.29. The second-order valence-electron chi connectivity index (χ2n) is 7.64. The molecule has 6 heteroatoms. The number of carbonyl (C=O) groups is 2. The van der Waals surface area contributed by atoms with Crippen LogP contribution in [0.5, 0.6) is 5.75 Å². The van der Waals surface area contributed by atoms with E-state index in [1.807, 2.05) is 52.8 Å². The summed E-state index contributed by atoms with van der Waals surface area (Å²) in [6, 6.07) is 5.74. The van der Waals surface area contributed by atoms with Crippen LogP contribution in [-0.4, -0.2) is 48.4 Å². The average molecular weight is 363 g/mol. The topological polar surface area (TPSA) is 65.1 Å². The molecule has 1 aromatic rings. The molecule has 0 aromatic heterocycles. The summed E-state index contributed by atoms with van der Waals surface area (Å²) < 4.78 is 16.4. The van der Waals surface area contributed by atoms with Gasteiger partial charge in [0.05, 0.1) is 0 Å². The number of carbonyl (C=O) groups excluding carboxylic acids is 2. The number of piperidine rings is 1. The van der Waals surface area contributed by atoms with Gasteiger partial charge in [0.1, 0.15) is 17.5 Å². The van der Waals surface area contributed by atoms with Crippen molar-refractivity contribution in [1.82, 2.24) is 4.90 Å². The third-order valence-electron chi connectivity index (χ3n) is 4.29. The van der Waals surface area contributed by atoms with Gasteiger partial charge in [-0.15, -0.1) is 0 Å². The van der Waals surface area contributed by atoms with E-state index in [0.29, 0.717) is 31.7 Å². The molecule has 26 heavy (non-hydrogen) atoms. The highest BCUT2D eigenvalue weighted by atomic mass is 16.6. The number of likely N-dealkylation sites (tertiary alicyclic amines) is 1. The summed E-state index contributed by atoms with van der Waals surface area (Å²) in [7, 11) is 0. The first-order chi connectivity index (χ1) is 12.2. The first-order valence-electron chi connectivity index (χ1n) is 9.02. The predicted octanol–water partition coefficient (Wildman–Crippen LogP) is 3.62. The summed E-state index contributed by atoms with van der Waals surface area (Å²) in [4.78, 5) is 25.7. The Morgan fingerprint density at radius 3 is 2.42 bits per heavy atom. The molecule has 1 heterocycles. The Balaban J connectivity index is 1.74. The molecule has 0 spiro atoms. The minimum Gasteiger partial charge on any atom is -0.482 e. The molecule has 0 radical (unpaired) electrons. The van der Waals surface area contributed by atoms with Gasteiger partial charge in [-0.3, -0.25) is 0 Å². The van der Waals surface area contributed by atoms with Crippen LogP contribution in [0.3, 0.4) is 0 Å². The molecule has 1 saturated heterocycles. The van der Waals surface area contributed by atoms with Gasteiger partial charge in [-0.25, -0.2) is 9.59 Å². The average Bonchev–Trinajstić information content (AvgIpc) is 2.55. The van der Waals surface area contributed by atoms with Crippen LogP contribution in [0.4, 0.5) is 4.79 Å². The molecule has 2 rings (SSSR count). The largest absolute Gasteiger partial charge is 0.482 e. The van der Waals surface area contributed by atoms with E-state index in [-0.39, 0.29) is 24.8 Å². The highest BCUT2D eigenvalue weighted by Gasteiger charge is 2.28. The number of aryl methyl sites for hydroxylation is 1.